The lowest BCUT2D eigenvalue weighted by atomic mass is 9.62. The molecule has 2 fully saturated rings. The molecule has 0 aromatic heterocycles. The lowest BCUT2D eigenvalue weighted by Crippen LogP contribution is -2.61. The van der Waals surface area contributed by atoms with E-state index in [1.165, 1.54) is 0 Å². The molecule has 2 aromatic carbocycles. The number of benzene rings is 2. The highest BCUT2D eigenvalue weighted by atomic mass is 35.5. The highest BCUT2D eigenvalue weighted by molar-refractivity contribution is 6.32. The molecule has 1 saturated carbocycles. The van der Waals surface area contributed by atoms with Gasteiger partial charge in [0.15, 0.2) is 0 Å². The summed E-state index contributed by atoms with van der Waals surface area (Å²) in [6.07, 6.45) is 3.80. The number of rotatable bonds is 10. The Morgan fingerprint density at radius 3 is 2.67 bits per heavy atom. The Kier molecular flexibility index (Phi) is 9.61. The maximum absolute atomic E-state index is 13.5. The molecular weight excluding hydrogens is 516 g/mol. The second-order valence-electron chi connectivity index (χ2n) is 11.6. The average Bonchev–Trinajstić information content (AvgIpc) is 3.26. The summed E-state index contributed by atoms with van der Waals surface area (Å²) in [6.45, 7) is 5.48. The molecular formula is C31H43ClN2O5. The van der Waals surface area contributed by atoms with Crippen molar-refractivity contribution in [3.05, 3.63) is 58.6 Å². The summed E-state index contributed by atoms with van der Waals surface area (Å²) < 4.78 is 11.8. The molecule has 0 radical (unpaired) electrons. The Labute approximate surface area is 237 Å². The van der Waals surface area contributed by atoms with Crippen molar-refractivity contribution in [1.82, 2.24) is 4.90 Å². The first-order valence-corrected chi connectivity index (χ1v) is 14.4. The number of para-hydroxylation sites is 2. The van der Waals surface area contributed by atoms with Crippen LogP contribution in [0.5, 0.6) is 11.5 Å². The summed E-state index contributed by atoms with van der Waals surface area (Å²) in [7, 11) is 1.69. The van der Waals surface area contributed by atoms with Crippen LogP contribution in [0.25, 0.3) is 0 Å². The predicted molar refractivity (Wildman–Crippen MR) is 153 cm³/mol. The summed E-state index contributed by atoms with van der Waals surface area (Å²) in [5, 5.41) is 23.2. The third-order valence-corrected chi connectivity index (χ3v) is 9.17. The fourth-order valence-corrected chi connectivity index (χ4v) is 6.65. The van der Waals surface area contributed by atoms with Crippen LogP contribution in [-0.2, 0) is 14.9 Å². The molecule has 4 N–H and O–H groups in total. The molecule has 8 heteroatoms. The number of piperidine rings is 1. The van der Waals surface area contributed by atoms with E-state index in [9.17, 15) is 15.0 Å². The van der Waals surface area contributed by atoms with E-state index in [4.69, 9.17) is 26.8 Å². The monoisotopic (exact) mass is 558 g/mol. The van der Waals surface area contributed by atoms with Crippen molar-refractivity contribution >= 4 is 17.5 Å². The number of methoxy groups -OCH3 is 1. The Morgan fingerprint density at radius 2 is 1.97 bits per heavy atom. The number of amides is 1. The van der Waals surface area contributed by atoms with Gasteiger partial charge in [-0.2, -0.15) is 0 Å². The Balaban J connectivity index is 1.68. The van der Waals surface area contributed by atoms with Gasteiger partial charge in [0.1, 0.15) is 11.5 Å². The zero-order valence-electron chi connectivity index (χ0n) is 23.4. The van der Waals surface area contributed by atoms with E-state index < -0.39 is 17.1 Å². The minimum atomic E-state index is -1.19. The number of aryl methyl sites for hydroxylation is 1. The van der Waals surface area contributed by atoms with E-state index >= 15 is 0 Å². The number of carbonyl (C=O) groups is 1. The van der Waals surface area contributed by atoms with Crippen molar-refractivity contribution in [2.45, 2.75) is 82.0 Å². The summed E-state index contributed by atoms with van der Waals surface area (Å²) in [5.74, 6) is 0.892. The van der Waals surface area contributed by atoms with Gasteiger partial charge >= 0.3 is 0 Å². The topological polar surface area (TPSA) is 105 Å². The minimum Gasteiger partial charge on any atom is -0.455 e. The number of aliphatic hydroxyl groups excluding tert-OH is 1. The van der Waals surface area contributed by atoms with E-state index in [2.05, 4.69) is 6.92 Å². The highest BCUT2D eigenvalue weighted by Gasteiger charge is 2.52. The Morgan fingerprint density at radius 1 is 1.21 bits per heavy atom. The molecule has 2 aliphatic rings. The van der Waals surface area contributed by atoms with Crippen LogP contribution in [0.15, 0.2) is 42.5 Å². The smallest absolute Gasteiger partial charge is 0.225 e. The number of hydrogen-bond acceptors (Lipinski definition) is 6. The van der Waals surface area contributed by atoms with Gasteiger partial charge in [0, 0.05) is 43.2 Å². The highest BCUT2D eigenvalue weighted by Crippen LogP contribution is 2.49. The Hall–Kier alpha value is -2.16. The van der Waals surface area contributed by atoms with Gasteiger partial charge in [-0.25, -0.2) is 0 Å². The van der Waals surface area contributed by atoms with E-state index in [0.717, 1.165) is 24.0 Å². The van der Waals surface area contributed by atoms with Crippen LogP contribution in [0.4, 0.5) is 0 Å². The minimum absolute atomic E-state index is 0.0296. The van der Waals surface area contributed by atoms with Crippen molar-refractivity contribution in [2.75, 3.05) is 26.8 Å². The fraction of sp³-hybridized carbons (Fsp3) is 0.581. The van der Waals surface area contributed by atoms with Crippen molar-refractivity contribution in [2.24, 2.45) is 11.7 Å². The molecule has 7 nitrogen and oxygen atoms in total. The number of β-amino-alcohol motifs (C(OH)–C–C–N with tert-alkyl or cyclic N) is 1. The average molecular weight is 559 g/mol. The molecule has 39 heavy (non-hydrogen) atoms. The third-order valence-electron chi connectivity index (χ3n) is 8.87. The molecule has 1 aliphatic carbocycles. The van der Waals surface area contributed by atoms with Crippen LogP contribution in [0.2, 0.25) is 5.02 Å². The molecule has 214 valence electrons. The van der Waals surface area contributed by atoms with Crippen molar-refractivity contribution in [1.29, 1.82) is 0 Å². The summed E-state index contributed by atoms with van der Waals surface area (Å²) >= 11 is 6.52. The maximum atomic E-state index is 13.5. The zero-order valence-corrected chi connectivity index (χ0v) is 24.1. The van der Waals surface area contributed by atoms with Crippen molar-refractivity contribution < 1.29 is 24.5 Å². The number of nitrogens with two attached hydrogens (primary N) is 1. The number of ether oxygens (including phenoxy) is 2. The van der Waals surface area contributed by atoms with Crippen LogP contribution in [0.3, 0.4) is 0 Å². The van der Waals surface area contributed by atoms with Crippen LogP contribution < -0.4 is 10.5 Å². The normalized spacial score (nSPS) is 26.8. The molecule has 0 spiro atoms. The third kappa shape index (κ3) is 6.28. The van der Waals surface area contributed by atoms with E-state index in [1.54, 1.807) is 18.1 Å². The number of unbranched alkanes of at least 4 members (excludes halogenated alkanes) is 1. The molecule has 0 unspecified atom stereocenters. The van der Waals surface area contributed by atoms with Gasteiger partial charge in [-0.3, -0.25) is 4.79 Å². The number of likely N-dealkylation sites (tertiary alicyclic amines) is 1. The van der Waals surface area contributed by atoms with Crippen LogP contribution in [0.1, 0.15) is 63.0 Å². The second kappa shape index (κ2) is 12.6. The maximum Gasteiger partial charge on any atom is 0.225 e. The van der Waals surface area contributed by atoms with E-state index in [-0.39, 0.29) is 24.4 Å². The fourth-order valence-electron chi connectivity index (χ4n) is 6.39. The second-order valence-corrected chi connectivity index (χ2v) is 12.0. The van der Waals surface area contributed by atoms with Gasteiger partial charge in [-0.1, -0.05) is 55.3 Å². The summed E-state index contributed by atoms with van der Waals surface area (Å²) in [4.78, 5) is 15.3. The quantitative estimate of drug-likeness (QED) is 0.356. The molecule has 1 saturated heterocycles. The first kappa shape index (κ1) is 29.8. The van der Waals surface area contributed by atoms with Crippen LogP contribution >= 0.6 is 11.6 Å². The summed E-state index contributed by atoms with van der Waals surface area (Å²) in [6, 6.07) is 13.1. The van der Waals surface area contributed by atoms with E-state index in [1.807, 2.05) is 43.3 Å². The number of hydrogen-bond donors (Lipinski definition) is 3. The molecule has 1 heterocycles. The van der Waals surface area contributed by atoms with Crippen molar-refractivity contribution in [3.63, 3.8) is 0 Å². The zero-order chi connectivity index (χ0) is 28.2. The van der Waals surface area contributed by atoms with Crippen molar-refractivity contribution in [3.8, 4) is 11.5 Å². The van der Waals surface area contributed by atoms with Crippen LogP contribution in [0, 0.1) is 12.8 Å². The first-order valence-electron chi connectivity index (χ1n) is 14.1. The number of nitrogens with zero attached hydrogens (tertiary/aromatic N) is 1. The lowest BCUT2D eigenvalue weighted by Gasteiger charge is -2.51. The lowest BCUT2D eigenvalue weighted by molar-refractivity contribution is -0.148. The molecule has 5 atom stereocenters. The molecule has 2 aromatic rings. The van der Waals surface area contributed by atoms with Gasteiger partial charge in [-0.15, -0.1) is 0 Å². The summed E-state index contributed by atoms with van der Waals surface area (Å²) in [5.41, 5.74) is 5.90. The van der Waals surface area contributed by atoms with E-state index in [0.29, 0.717) is 61.8 Å². The van der Waals surface area contributed by atoms with Gasteiger partial charge < -0.3 is 30.3 Å². The number of carbonyl (C=O) groups excluding carboxylic acids is 1. The van der Waals surface area contributed by atoms with Crippen LogP contribution in [-0.4, -0.2) is 65.6 Å². The predicted octanol–water partition coefficient (Wildman–Crippen LogP) is 4.97. The largest absolute Gasteiger partial charge is 0.455 e. The standard InChI is InChI=1S/C31H43ClN2O5/c1-21-10-8-12-24(32)28(21)39-27-13-5-4-11-23(27)30(2,14-6-7-17-38-3)31(37)15-9-16-34(20-31)29(36)22-18-25(33)26(35)19-22/h4-5,8,10-13,22,25-26,35,37H,6-7,9,14-20,33H2,1-3H3/t22-,25+,26-,30-,31+/m0/s1. The van der Waals surface area contributed by atoms with Gasteiger partial charge in [0.2, 0.25) is 5.91 Å². The SMILES string of the molecule is COCCCC[C@@](C)(c1ccccc1Oc1c(C)cccc1Cl)[C@@]1(O)CCCN(C(=O)[C@H]2C[C@@H](N)[C@@H](O)C2)C1. The van der Waals surface area contributed by atoms with Gasteiger partial charge in [0.25, 0.3) is 0 Å². The first-order chi connectivity index (χ1) is 18.6. The number of halogens is 1. The van der Waals surface area contributed by atoms with Gasteiger partial charge in [0.05, 0.1) is 23.3 Å². The van der Waals surface area contributed by atoms with Gasteiger partial charge in [-0.05, 0) is 63.1 Å². The molecule has 0 bridgehead atoms. The molecule has 4 rings (SSSR count). The molecule has 1 aliphatic heterocycles. The number of aliphatic hydroxyl groups is 2. The Bertz CT molecular complexity index is 1120. The molecule has 1 amide bonds.